The van der Waals surface area contributed by atoms with Gasteiger partial charge in [-0.05, 0) is 12.8 Å². The lowest BCUT2D eigenvalue weighted by Crippen LogP contribution is -2.21. The Kier molecular flexibility index (Phi) is 6.69. The number of hydrogen-bond acceptors (Lipinski definition) is 6. The highest BCUT2D eigenvalue weighted by atomic mass is 16.6. The standard InChI is InChI=1S/C13H22N4O3/c1-4-6-8-10(7-5-2)16-12-11(17(18)19)13(20-3)15-9-14-12/h9-10H,4-8H2,1-3H3,(H,14,15,16). The second kappa shape index (κ2) is 8.29. The number of hydrogen-bond donors (Lipinski definition) is 1. The Morgan fingerprint density at radius 2 is 2.10 bits per heavy atom. The summed E-state index contributed by atoms with van der Waals surface area (Å²) in [5, 5.41) is 14.3. The normalized spacial score (nSPS) is 11.9. The van der Waals surface area contributed by atoms with Crippen LogP contribution in [0.2, 0.25) is 0 Å². The molecule has 0 radical (unpaired) electrons. The first-order valence-corrected chi connectivity index (χ1v) is 6.93. The van der Waals surface area contributed by atoms with Crippen LogP contribution in [0, 0.1) is 10.1 Å². The van der Waals surface area contributed by atoms with Gasteiger partial charge in [-0.1, -0.05) is 33.1 Å². The molecule has 1 aromatic rings. The molecule has 0 aromatic carbocycles. The second-order valence-electron chi connectivity index (χ2n) is 4.61. The number of nitrogens with zero attached hydrogens (tertiary/aromatic N) is 3. The fraction of sp³-hybridized carbons (Fsp3) is 0.692. The maximum atomic E-state index is 11.2. The first-order chi connectivity index (χ1) is 9.63. The zero-order chi connectivity index (χ0) is 15.0. The third-order valence-electron chi connectivity index (χ3n) is 3.05. The van der Waals surface area contributed by atoms with E-state index in [9.17, 15) is 10.1 Å². The molecule has 0 saturated carbocycles. The Labute approximate surface area is 118 Å². The van der Waals surface area contributed by atoms with Crippen molar-refractivity contribution < 1.29 is 9.66 Å². The van der Waals surface area contributed by atoms with Crippen LogP contribution in [0.15, 0.2) is 6.33 Å². The molecular weight excluding hydrogens is 260 g/mol. The van der Waals surface area contributed by atoms with Crippen molar-refractivity contribution in [2.75, 3.05) is 12.4 Å². The van der Waals surface area contributed by atoms with Crippen molar-refractivity contribution in [3.8, 4) is 5.88 Å². The number of anilines is 1. The Balaban J connectivity index is 2.96. The molecule has 1 heterocycles. The van der Waals surface area contributed by atoms with Crippen molar-refractivity contribution in [3.63, 3.8) is 0 Å². The van der Waals surface area contributed by atoms with Crippen molar-refractivity contribution >= 4 is 11.5 Å². The van der Waals surface area contributed by atoms with Gasteiger partial charge in [-0.15, -0.1) is 0 Å². The summed E-state index contributed by atoms with van der Waals surface area (Å²) >= 11 is 0. The van der Waals surface area contributed by atoms with Crippen LogP contribution >= 0.6 is 0 Å². The number of unbranched alkanes of at least 4 members (excludes halogenated alkanes) is 1. The molecule has 0 spiro atoms. The molecule has 1 aromatic heterocycles. The Bertz CT molecular complexity index is 440. The van der Waals surface area contributed by atoms with E-state index in [4.69, 9.17) is 4.74 Å². The molecule has 0 fully saturated rings. The van der Waals surface area contributed by atoms with Gasteiger partial charge in [-0.3, -0.25) is 10.1 Å². The van der Waals surface area contributed by atoms with Crippen molar-refractivity contribution in [1.82, 2.24) is 9.97 Å². The molecule has 1 rings (SSSR count). The number of methoxy groups -OCH3 is 1. The SMILES string of the molecule is CCCCC(CCC)Nc1ncnc(OC)c1[N+](=O)[O-]. The largest absolute Gasteiger partial charge is 0.476 e. The van der Waals surface area contributed by atoms with Gasteiger partial charge in [0.1, 0.15) is 6.33 Å². The van der Waals surface area contributed by atoms with Crippen LogP contribution in [-0.2, 0) is 0 Å². The number of nitro groups is 1. The highest BCUT2D eigenvalue weighted by Gasteiger charge is 2.25. The lowest BCUT2D eigenvalue weighted by Gasteiger charge is -2.18. The molecule has 0 amide bonds. The average Bonchev–Trinajstić information content (AvgIpc) is 2.44. The third-order valence-corrected chi connectivity index (χ3v) is 3.05. The first kappa shape index (κ1) is 16.1. The van der Waals surface area contributed by atoms with Gasteiger partial charge in [0.2, 0.25) is 5.82 Å². The van der Waals surface area contributed by atoms with Crippen molar-refractivity contribution in [1.29, 1.82) is 0 Å². The number of rotatable bonds is 9. The fourth-order valence-corrected chi connectivity index (χ4v) is 2.06. The summed E-state index contributed by atoms with van der Waals surface area (Å²) in [7, 11) is 1.36. The van der Waals surface area contributed by atoms with E-state index in [1.807, 2.05) is 0 Å². The molecule has 7 nitrogen and oxygen atoms in total. The zero-order valence-electron chi connectivity index (χ0n) is 12.3. The smallest absolute Gasteiger partial charge is 0.372 e. The fourth-order valence-electron chi connectivity index (χ4n) is 2.06. The minimum Gasteiger partial charge on any atom is -0.476 e. The number of ether oxygens (including phenoxy) is 1. The number of aromatic nitrogens is 2. The molecule has 7 heteroatoms. The van der Waals surface area contributed by atoms with Gasteiger partial charge in [0.25, 0.3) is 5.88 Å². The van der Waals surface area contributed by atoms with E-state index < -0.39 is 4.92 Å². The summed E-state index contributed by atoms with van der Waals surface area (Å²) in [6.45, 7) is 4.22. The minimum atomic E-state index is -0.510. The van der Waals surface area contributed by atoms with Gasteiger partial charge in [-0.25, -0.2) is 4.98 Å². The molecule has 0 saturated heterocycles. The minimum absolute atomic E-state index is 0.0155. The summed E-state index contributed by atoms with van der Waals surface area (Å²) < 4.78 is 4.94. The summed E-state index contributed by atoms with van der Waals surface area (Å²) in [6.07, 6.45) is 6.37. The van der Waals surface area contributed by atoms with E-state index in [1.165, 1.54) is 13.4 Å². The van der Waals surface area contributed by atoms with Crippen LogP contribution < -0.4 is 10.1 Å². The number of nitrogens with one attached hydrogen (secondary N) is 1. The van der Waals surface area contributed by atoms with Gasteiger partial charge in [0.15, 0.2) is 0 Å². The van der Waals surface area contributed by atoms with Gasteiger partial charge in [-0.2, -0.15) is 4.98 Å². The molecule has 1 N–H and O–H groups in total. The highest BCUT2D eigenvalue weighted by Crippen LogP contribution is 2.31. The molecular formula is C13H22N4O3. The molecule has 112 valence electrons. The predicted octanol–water partition coefficient (Wildman–Crippen LogP) is 3.16. The van der Waals surface area contributed by atoms with E-state index in [1.54, 1.807) is 0 Å². The van der Waals surface area contributed by atoms with Crippen molar-refractivity contribution in [2.45, 2.75) is 52.0 Å². The van der Waals surface area contributed by atoms with Crippen LogP contribution in [0.3, 0.4) is 0 Å². The summed E-state index contributed by atoms with van der Waals surface area (Å²) in [6, 6.07) is 0.179. The van der Waals surface area contributed by atoms with Crippen LogP contribution in [0.25, 0.3) is 0 Å². The van der Waals surface area contributed by atoms with Gasteiger partial charge in [0, 0.05) is 6.04 Å². The van der Waals surface area contributed by atoms with E-state index in [-0.39, 0.29) is 23.4 Å². The summed E-state index contributed by atoms with van der Waals surface area (Å²) in [4.78, 5) is 18.4. The topological polar surface area (TPSA) is 90.2 Å². The monoisotopic (exact) mass is 282 g/mol. The maximum absolute atomic E-state index is 11.2. The Morgan fingerprint density at radius 1 is 1.35 bits per heavy atom. The van der Waals surface area contributed by atoms with Crippen LogP contribution in [0.4, 0.5) is 11.5 Å². The highest BCUT2D eigenvalue weighted by molar-refractivity contribution is 5.61. The second-order valence-corrected chi connectivity index (χ2v) is 4.61. The van der Waals surface area contributed by atoms with Crippen molar-refractivity contribution in [2.24, 2.45) is 0 Å². The molecule has 0 bridgehead atoms. The van der Waals surface area contributed by atoms with E-state index in [0.717, 1.165) is 32.1 Å². The summed E-state index contributed by atoms with van der Waals surface area (Å²) in [5.41, 5.74) is -0.201. The van der Waals surface area contributed by atoms with Crippen molar-refractivity contribution in [3.05, 3.63) is 16.4 Å². The lowest BCUT2D eigenvalue weighted by molar-refractivity contribution is -0.385. The van der Waals surface area contributed by atoms with Crippen LogP contribution in [-0.4, -0.2) is 28.0 Å². The molecule has 0 aliphatic carbocycles. The quantitative estimate of drug-likeness (QED) is 0.552. The van der Waals surface area contributed by atoms with E-state index in [0.29, 0.717) is 0 Å². The van der Waals surface area contributed by atoms with Gasteiger partial charge >= 0.3 is 5.69 Å². The maximum Gasteiger partial charge on any atom is 0.372 e. The molecule has 0 aliphatic heterocycles. The molecule has 0 aliphatic rings. The van der Waals surface area contributed by atoms with Crippen LogP contribution in [0.1, 0.15) is 46.0 Å². The van der Waals surface area contributed by atoms with Gasteiger partial charge in [0.05, 0.1) is 12.0 Å². The van der Waals surface area contributed by atoms with E-state index in [2.05, 4.69) is 29.1 Å². The predicted molar refractivity (Wildman–Crippen MR) is 77.1 cm³/mol. The van der Waals surface area contributed by atoms with Gasteiger partial charge < -0.3 is 10.1 Å². The average molecular weight is 282 g/mol. The molecule has 20 heavy (non-hydrogen) atoms. The zero-order valence-corrected chi connectivity index (χ0v) is 12.3. The summed E-state index contributed by atoms with van der Waals surface area (Å²) in [5.74, 6) is 0.217. The first-order valence-electron chi connectivity index (χ1n) is 6.93. The Morgan fingerprint density at radius 3 is 2.65 bits per heavy atom. The van der Waals surface area contributed by atoms with Crippen LogP contribution in [0.5, 0.6) is 5.88 Å². The van der Waals surface area contributed by atoms with E-state index >= 15 is 0 Å². The third kappa shape index (κ3) is 4.32. The molecule has 1 atom stereocenters. The Hall–Kier alpha value is -1.92. The lowest BCUT2D eigenvalue weighted by atomic mass is 10.1. The molecule has 1 unspecified atom stereocenters.